The summed E-state index contributed by atoms with van der Waals surface area (Å²) in [6.45, 7) is 0. The lowest BCUT2D eigenvalue weighted by Crippen LogP contribution is -2.10. The maximum absolute atomic E-state index is 12.0. The number of aromatic amines is 2. The third-order valence-corrected chi connectivity index (χ3v) is 2.89. The normalized spacial score (nSPS) is 9.90. The van der Waals surface area contributed by atoms with Crippen LogP contribution in [0, 0.1) is 0 Å². The lowest BCUT2D eigenvalue weighted by molar-refractivity contribution is 0.102. The zero-order valence-corrected chi connectivity index (χ0v) is 11.8. The van der Waals surface area contributed by atoms with Gasteiger partial charge in [0.1, 0.15) is 0 Å². The first-order chi connectivity index (χ1) is 9.72. The fraction of sp³-hybridized carbons (Fsp3) is 0. The number of aromatic nitrogens is 3. The number of H-pyrrole nitrogens is 2. The largest absolute Gasteiger partial charge is 0.369 e. The van der Waals surface area contributed by atoms with Crippen molar-refractivity contribution in [3.8, 4) is 11.3 Å². The molecule has 108 valence electrons. The summed E-state index contributed by atoms with van der Waals surface area (Å²) in [5.41, 5.74) is 8.56. The van der Waals surface area contributed by atoms with Gasteiger partial charge in [-0.25, -0.2) is 4.98 Å². The summed E-state index contributed by atoms with van der Waals surface area (Å²) in [6, 6.07) is 9.18. The van der Waals surface area contributed by atoms with Crippen molar-refractivity contribution in [3.63, 3.8) is 0 Å². The SMILES string of the molecule is Cl.Nc1ncc(-c2cccc(NC(=O)c3cc[nH]c3)c2)[nH]1. The zero-order valence-electron chi connectivity index (χ0n) is 11.0. The fourth-order valence-electron chi connectivity index (χ4n) is 1.92. The number of hydrogen-bond acceptors (Lipinski definition) is 3. The van der Waals surface area contributed by atoms with Crippen molar-refractivity contribution in [2.45, 2.75) is 0 Å². The molecule has 0 atom stereocenters. The number of nitrogens with two attached hydrogens (primary N) is 1. The predicted molar refractivity (Wildman–Crippen MR) is 84.4 cm³/mol. The number of imidazole rings is 1. The van der Waals surface area contributed by atoms with Crippen LogP contribution in [0.4, 0.5) is 11.6 Å². The Kier molecular flexibility index (Phi) is 4.30. The van der Waals surface area contributed by atoms with Crippen molar-refractivity contribution in [1.29, 1.82) is 0 Å². The molecule has 0 saturated heterocycles. The molecule has 6 nitrogen and oxygen atoms in total. The quantitative estimate of drug-likeness (QED) is 0.598. The molecule has 0 spiro atoms. The molecule has 7 heteroatoms. The number of carbonyl (C=O) groups is 1. The molecule has 0 aliphatic rings. The second-order valence-corrected chi connectivity index (χ2v) is 4.32. The lowest BCUT2D eigenvalue weighted by Gasteiger charge is -2.05. The predicted octanol–water partition coefficient (Wildman–Crippen LogP) is 2.66. The molecule has 0 fully saturated rings. The van der Waals surface area contributed by atoms with Gasteiger partial charge in [-0.1, -0.05) is 12.1 Å². The van der Waals surface area contributed by atoms with Gasteiger partial charge >= 0.3 is 0 Å². The van der Waals surface area contributed by atoms with Crippen LogP contribution in [0.15, 0.2) is 48.9 Å². The van der Waals surface area contributed by atoms with Crippen molar-refractivity contribution < 1.29 is 4.79 Å². The van der Waals surface area contributed by atoms with E-state index >= 15 is 0 Å². The summed E-state index contributed by atoms with van der Waals surface area (Å²) in [5.74, 6) is 0.203. The number of anilines is 2. The molecule has 1 amide bonds. The lowest BCUT2D eigenvalue weighted by atomic mass is 10.1. The second kappa shape index (κ2) is 6.15. The van der Waals surface area contributed by atoms with Gasteiger partial charge in [-0.3, -0.25) is 4.79 Å². The van der Waals surface area contributed by atoms with Gasteiger partial charge in [0.05, 0.1) is 17.5 Å². The number of rotatable bonds is 3. The van der Waals surface area contributed by atoms with Crippen molar-refractivity contribution >= 4 is 29.9 Å². The summed E-state index contributed by atoms with van der Waals surface area (Å²) < 4.78 is 0. The molecular formula is C14H14ClN5O. The first-order valence-corrected chi connectivity index (χ1v) is 6.07. The number of amides is 1. The molecule has 3 rings (SSSR count). The maximum atomic E-state index is 12.0. The second-order valence-electron chi connectivity index (χ2n) is 4.32. The monoisotopic (exact) mass is 303 g/mol. The highest BCUT2D eigenvalue weighted by Crippen LogP contribution is 2.21. The van der Waals surface area contributed by atoms with E-state index < -0.39 is 0 Å². The first kappa shape index (κ1) is 14.7. The molecule has 0 bridgehead atoms. The van der Waals surface area contributed by atoms with Gasteiger partial charge in [0.25, 0.3) is 5.91 Å². The topological polar surface area (TPSA) is 99.6 Å². The van der Waals surface area contributed by atoms with E-state index in [1.807, 2.05) is 24.3 Å². The van der Waals surface area contributed by atoms with Crippen LogP contribution in [0.1, 0.15) is 10.4 Å². The number of nitrogens with one attached hydrogen (secondary N) is 3. The fourth-order valence-corrected chi connectivity index (χ4v) is 1.92. The average Bonchev–Trinajstić information content (AvgIpc) is 3.10. The van der Waals surface area contributed by atoms with Gasteiger partial charge in [0.2, 0.25) is 0 Å². The van der Waals surface area contributed by atoms with Crippen molar-refractivity contribution in [3.05, 3.63) is 54.5 Å². The molecule has 0 radical (unpaired) electrons. The Morgan fingerprint density at radius 3 is 2.81 bits per heavy atom. The molecule has 0 aliphatic carbocycles. The van der Waals surface area contributed by atoms with Crippen molar-refractivity contribution in [2.24, 2.45) is 0 Å². The molecule has 3 aromatic rings. The Bertz CT molecular complexity index is 735. The Morgan fingerprint density at radius 2 is 2.14 bits per heavy atom. The standard InChI is InChI=1S/C14H13N5O.ClH/c15-14-17-8-12(19-14)9-2-1-3-11(6-9)18-13(20)10-4-5-16-7-10;/h1-8,16H,(H,18,20)(H3,15,17,19);1H. The van der Waals surface area contributed by atoms with Gasteiger partial charge in [0.15, 0.2) is 5.95 Å². The van der Waals surface area contributed by atoms with Crippen LogP contribution in [-0.4, -0.2) is 20.9 Å². The van der Waals surface area contributed by atoms with E-state index in [-0.39, 0.29) is 18.3 Å². The highest BCUT2D eigenvalue weighted by atomic mass is 35.5. The Morgan fingerprint density at radius 1 is 1.29 bits per heavy atom. The molecule has 0 unspecified atom stereocenters. The van der Waals surface area contributed by atoms with Crippen LogP contribution >= 0.6 is 12.4 Å². The summed E-state index contributed by atoms with van der Waals surface area (Å²) in [5, 5.41) is 2.84. The summed E-state index contributed by atoms with van der Waals surface area (Å²) >= 11 is 0. The number of benzene rings is 1. The molecule has 0 saturated carbocycles. The van der Waals surface area contributed by atoms with E-state index in [1.54, 1.807) is 24.7 Å². The highest BCUT2D eigenvalue weighted by molar-refractivity contribution is 6.04. The zero-order chi connectivity index (χ0) is 13.9. The maximum Gasteiger partial charge on any atom is 0.257 e. The molecular weight excluding hydrogens is 290 g/mol. The van der Waals surface area contributed by atoms with Crippen LogP contribution in [0.5, 0.6) is 0 Å². The van der Waals surface area contributed by atoms with Gasteiger partial charge in [-0.05, 0) is 18.2 Å². The smallest absolute Gasteiger partial charge is 0.257 e. The Hall–Kier alpha value is -2.73. The van der Waals surface area contributed by atoms with Crippen LogP contribution < -0.4 is 11.1 Å². The molecule has 0 aliphatic heterocycles. The van der Waals surface area contributed by atoms with Crippen molar-refractivity contribution in [2.75, 3.05) is 11.1 Å². The Labute approximate surface area is 127 Å². The van der Waals surface area contributed by atoms with Crippen LogP contribution in [0.2, 0.25) is 0 Å². The van der Waals surface area contributed by atoms with E-state index in [4.69, 9.17) is 5.73 Å². The molecule has 1 aromatic carbocycles. The van der Waals surface area contributed by atoms with Crippen LogP contribution in [0.3, 0.4) is 0 Å². The molecule has 21 heavy (non-hydrogen) atoms. The molecule has 2 aromatic heterocycles. The summed E-state index contributed by atoms with van der Waals surface area (Å²) in [4.78, 5) is 21.7. The third-order valence-electron chi connectivity index (χ3n) is 2.89. The van der Waals surface area contributed by atoms with E-state index in [0.29, 0.717) is 17.2 Å². The van der Waals surface area contributed by atoms with Gasteiger partial charge < -0.3 is 21.0 Å². The van der Waals surface area contributed by atoms with E-state index in [0.717, 1.165) is 11.3 Å². The van der Waals surface area contributed by atoms with Crippen LogP contribution in [0.25, 0.3) is 11.3 Å². The van der Waals surface area contributed by atoms with Gasteiger partial charge in [0, 0.05) is 23.6 Å². The summed E-state index contributed by atoms with van der Waals surface area (Å²) in [6.07, 6.45) is 5.01. The minimum absolute atomic E-state index is 0. The minimum atomic E-state index is -0.160. The van der Waals surface area contributed by atoms with E-state index in [9.17, 15) is 4.79 Å². The number of nitrogens with zero attached hydrogens (tertiary/aromatic N) is 1. The average molecular weight is 304 g/mol. The first-order valence-electron chi connectivity index (χ1n) is 6.07. The van der Waals surface area contributed by atoms with E-state index in [2.05, 4.69) is 20.3 Å². The number of nitrogen functional groups attached to an aromatic ring is 1. The third kappa shape index (κ3) is 3.24. The van der Waals surface area contributed by atoms with Gasteiger partial charge in [-0.2, -0.15) is 0 Å². The molecule has 2 heterocycles. The van der Waals surface area contributed by atoms with Gasteiger partial charge in [-0.15, -0.1) is 12.4 Å². The van der Waals surface area contributed by atoms with Crippen molar-refractivity contribution in [1.82, 2.24) is 15.0 Å². The number of halogens is 1. The number of hydrogen-bond donors (Lipinski definition) is 4. The number of carbonyl (C=O) groups excluding carboxylic acids is 1. The van der Waals surface area contributed by atoms with Crippen LogP contribution in [-0.2, 0) is 0 Å². The summed E-state index contributed by atoms with van der Waals surface area (Å²) in [7, 11) is 0. The van der Waals surface area contributed by atoms with E-state index in [1.165, 1.54) is 0 Å². The highest BCUT2D eigenvalue weighted by Gasteiger charge is 2.07. The molecule has 5 N–H and O–H groups in total. The minimum Gasteiger partial charge on any atom is -0.369 e. The Balaban J connectivity index is 0.00000161.